The third kappa shape index (κ3) is 2.88. The predicted octanol–water partition coefficient (Wildman–Crippen LogP) is 2.37. The van der Waals surface area contributed by atoms with Crippen molar-refractivity contribution >= 4 is 23.3 Å². The average Bonchev–Trinajstić information content (AvgIpc) is 2.12. The van der Waals surface area contributed by atoms with Gasteiger partial charge in [0.05, 0.1) is 17.1 Å². The second-order valence-corrected chi connectivity index (χ2v) is 3.08. The molecule has 0 aliphatic heterocycles. The second kappa shape index (κ2) is 4.81. The van der Waals surface area contributed by atoms with Gasteiger partial charge in [-0.15, -0.1) is 0 Å². The minimum atomic E-state index is -0.931. The van der Waals surface area contributed by atoms with E-state index >= 15 is 0 Å². The number of hydrogen-bond acceptors (Lipinski definition) is 2. The summed E-state index contributed by atoms with van der Waals surface area (Å²) < 4.78 is 13.2. The molecule has 0 fully saturated rings. The van der Waals surface area contributed by atoms with Crippen LogP contribution >= 0.6 is 11.6 Å². The molecule has 0 saturated heterocycles. The van der Waals surface area contributed by atoms with Crippen LogP contribution in [0.25, 0.3) is 0 Å². The maximum Gasteiger partial charge on any atom is 0.305 e. The molecule has 2 N–H and O–H groups in total. The van der Waals surface area contributed by atoms with Gasteiger partial charge in [0, 0.05) is 6.54 Å². The fourth-order valence-electron chi connectivity index (χ4n) is 0.944. The molecule has 5 heteroatoms. The second-order valence-electron chi connectivity index (χ2n) is 2.67. The van der Waals surface area contributed by atoms with Crippen molar-refractivity contribution in [2.24, 2.45) is 0 Å². The van der Waals surface area contributed by atoms with Crippen LogP contribution in [-0.4, -0.2) is 17.6 Å². The lowest BCUT2D eigenvalue weighted by molar-refractivity contribution is -0.136. The fourth-order valence-corrected chi connectivity index (χ4v) is 1.12. The first-order valence-electron chi connectivity index (χ1n) is 4.01. The van der Waals surface area contributed by atoms with Crippen molar-refractivity contribution < 1.29 is 14.3 Å². The summed E-state index contributed by atoms with van der Waals surface area (Å²) in [4.78, 5) is 10.2. The third-order valence-corrected chi connectivity index (χ3v) is 1.90. The third-order valence-electron chi connectivity index (χ3n) is 1.61. The van der Waals surface area contributed by atoms with E-state index in [1.807, 2.05) is 0 Å². The van der Waals surface area contributed by atoms with E-state index in [0.29, 0.717) is 0 Å². The van der Waals surface area contributed by atoms with E-state index in [2.05, 4.69) is 5.32 Å². The monoisotopic (exact) mass is 217 g/mol. The van der Waals surface area contributed by atoms with Crippen LogP contribution in [0.4, 0.5) is 10.1 Å². The number of hydrogen-bond donors (Lipinski definition) is 2. The van der Waals surface area contributed by atoms with Crippen molar-refractivity contribution in [1.29, 1.82) is 0 Å². The van der Waals surface area contributed by atoms with Gasteiger partial charge in [-0.1, -0.05) is 17.7 Å². The summed E-state index contributed by atoms with van der Waals surface area (Å²) in [5.41, 5.74) is 0.221. The lowest BCUT2D eigenvalue weighted by Crippen LogP contribution is -2.08. The van der Waals surface area contributed by atoms with Gasteiger partial charge in [0.2, 0.25) is 0 Å². The van der Waals surface area contributed by atoms with Crippen molar-refractivity contribution in [2.45, 2.75) is 6.42 Å². The van der Waals surface area contributed by atoms with Gasteiger partial charge >= 0.3 is 5.97 Å². The van der Waals surface area contributed by atoms with Crippen molar-refractivity contribution in [3.63, 3.8) is 0 Å². The molecular formula is C9H9ClFNO2. The van der Waals surface area contributed by atoms with Crippen molar-refractivity contribution in [2.75, 3.05) is 11.9 Å². The van der Waals surface area contributed by atoms with Gasteiger partial charge in [0.1, 0.15) is 0 Å². The van der Waals surface area contributed by atoms with Crippen LogP contribution in [0.1, 0.15) is 6.42 Å². The normalized spacial score (nSPS) is 9.86. The molecule has 0 unspecified atom stereocenters. The van der Waals surface area contributed by atoms with Crippen LogP contribution in [0.3, 0.4) is 0 Å². The quantitative estimate of drug-likeness (QED) is 0.814. The Hall–Kier alpha value is -1.29. The molecule has 0 bridgehead atoms. The fraction of sp³-hybridized carbons (Fsp3) is 0.222. The molecule has 1 aromatic rings. The molecule has 76 valence electrons. The summed E-state index contributed by atoms with van der Waals surface area (Å²) >= 11 is 5.52. The molecule has 0 spiro atoms. The SMILES string of the molecule is O=C(O)CCNc1cccc(Cl)c1F. The standard InChI is InChI=1S/C9H9ClFNO2/c10-6-2-1-3-7(9(6)11)12-5-4-8(13)14/h1-3,12H,4-5H2,(H,13,14). The number of carbonyl (C=O) groups is 1. The molecule has 0 aromatic heterocycles. The topological polar surface area (TPSA) is 49.3 Å². The zero-order valence-corrected chi connectivity index (χ0v) is 8.01. The highest BCUT2D eigenvalue weighted by Gasteiger charge is 2.05. The summed E-state index contributed by atoms with van der Waals surface area (Å²) in [6, 6.07) is 4.52. The maximum atomic E-state index is 13.2. The summed E-state index contributed by atoms with van der Waals surface area (Å²) in [6.45, 7) is 0.173. The summed E-state index contributed by atoms with van der Waals surface area (Å²) in [5, 5.41) is 11.0. The van der Waals surface area contributed by atoms with Gasteiger partial charge < -0.3 is 10.4 Å². The molecular weight excluding hydrogens is 209 g/mol. The largest absolute Gasteiger partial charge is 0.481 e. The predicted molar refractivity (Wildman–Crippen MR) is 52.2 cm³/mol. The summed E-state index contributed by atoms with van der Waals surface area (Å²) in [7, 11) is 0. The van der Waals surface area contributed by atoms with Crippen molar-refractivity contribution in [1.82, 2.24) is 0 Å². The first-order chi connectivity index (χ1) is 6.61. The van der Waals surface area contributed by atoms with Crippen molar-refractivity contribution in [3.8, 4) is 0 Å². The number of carboxylic acid groups (broad SMARTS) is 1. The molecule has 0 heterocycles. The van der Waals surface area contributed by atoms with Crippen LogP contribution in [0.5, 0.6) is 0 Å². The van der Waals surface area contributed by atoms with Crippen LogP contribution in [0.2, 0.25) is 5.02 Å². The summed E-state index contributed by atoms with van der Waals surface area (Å²) in [6.07, 6.45) is -0.0635. The zero-order valence-electron chi connectivity index (χ0n) is 7.26. The highest BCUT2D eigenvalue weighted by molar-refractivity contribution is 6.31. The number of carboxylic acids is 1. The number of rotatable bonds is 4. The molecule has 0 aliphatic rings. The van der Waals surface area contributed by atoms with E-state index in [9.17, 15) is 9.18 Å². The van der Waals surface area contributed by atoms with Crippen LogP contribution in [0, 0.1) is 5.82 Å². The maximum absolute atomic E-state index is 13.2. The van der Waals surface area contributed by atoms with E-state index in [1.165, 1.54) is 12.1 Å². The highest BCUT2D eigenvalue weighted by Crippen LogP contribution is 2.21. The van der Waals surface area contributed by atoms with Gasteiger partial charge in [-0.25, -0.2) is 4.39 Å². The van der Waals surface area contributed by atoms with Crippen LogP contribution < -0.4 is 5.32 Å². The van der Waals surface area contributed by atoms with Crippen LogP contribution in [0.15, 0.2) is 18.2 Å². The van der Waals surface area contributed by atoms with E-state index < -0.39 is 11.8 Å². The van der Waals surface area contributed by atoms with Gasteiger partial charge in [-0.05, 0) is 12.1 Å². The molecule has 0 radical (unpaired) electrons. The van der Waals surface area contributed by atoms with Gasteiger partial charge in [-0.2, -0.15) is 0 Å². The summed E-state index contributed by atoms with van der Waals surface area (Å²) in [5.74, 6) is -1.49. The Kier molecular flexibility index (Phi) is 3.71. The molecule has 3 nitrogen and oxygen atoms in total. The molecule has 0 atom stereocenters. The van der Waals surface area contributed by atoms with E-state index in [0.717, 1.165) is 0 Å². The number of halogens is 2. The minimum absolute atomic E-state index is 0.0188. The molecule has 0 amide bonds. The van der Waals surface area contributed by atoms with E-state index in [1.54, 1.807) is 6.07 Å². The van der Waals surface area contributed by atoms with Gasteiger partial charge in [0.25, 0.3) is 0 Å². The smallest absolute Gasteiger partial charge is 0.305 e. The first kappa shape index (κ1) is 10.8. The Morgan fingerprint density at radius 1 is 1.57 bits per heavy atom. The average molecular weight is 218 g/mol. The number of nitrogens with one attached hydrogen (secondary N) is 1. The van der Waals surface area contributed by atoms with Gasteiger partial charge in [0.15, 0.2) is 5.82 Å². The molecule has 1 aromatic carbocycles. The van der Waals surface area contributed by atoms with E-state index in [-0.39, 0.29) is 23.7 Å². The Bertz CT molecular complexity index is 344. The lowest BCUT2D eigenvalue weighted by Gasteiger charge is -2.06. The molecule has 0 aliphatic carbocycles. The lowest BCUT2D eigenvalue weighted by atomic mass is 10.3. The molecule has 0 saturated carbocycles. The number of benzene rings is 1. The Labute approximate surface area is 85.5 Å². The Morgan fingerprint density at radius 3 is 2.93 bits per heavy atom. The Morgan fingerprint density at radius 2 is 2.29 bits per heavy atom. The Balaban J connectivity index is 2.59. The molecule has 14 heavy (non-hydrogen) atoms. The minimum Gasteiger partial charge on any atom is -0.481 e. The van der Waals surface area contributed by atoms with Crippen molar-refractivity contribution in [3.05, 3.63) is 29.0 Å². The number of aliphatic carboxylic acids is 1. The van der Waals surface area contributed by atoms with Gasteiger partial charge in [-0.3, -0.25) is 4.79 Å². The zero-order chi connectivity index (χ0) is 10.6. The highest BCUT2D eigenvalue weighted by atomic mass is 35.5. The first-order valence-corrected chi connectivity index (χ1v) is 4.38. The number of anilines is 1. The molecule has 1 rings (SSSR count). The van der Waals surface area contributed by atoms with E-state index in [4.69, 9.17) is 16.7 Å². The van der Waals surface area contributed by atoms with Crippen LogP contribution in [-0.2, 0) is 4.79 Å².